The number of ether oxygens (including phenoxy) is 1. The molecule has 2 aromatic rings. The Morgan fingerprint density at radius 2 is 1.75 bits per heavy atom. The summed E-state index contributed by atoms with van der Waals surface area (Å²) in [6.07, 6.45) is 1.68. The lowest BCUT2D eigenvalue weighted by Crippen LogP contribution is -2.03. The molecule has 0 unspecified atom stereocenters. The summed E-state index contributed by atoms with van der Waals surface area (Å²) in [6.45, 7) is 6.54. The highest BCUT2D eigenvalue weighted by atomic mass is 16.5. The van der Waals surface area contributed by atoms with E-state index < -0.39 is 0 Å². The van der Waals surface area contributed by atoms with Crippen LogP contribution < -0.4 is 4.74 Å². The Hall–Kier alpha value is -2.09. The van der Waals surface area contributed by atoms with Crippen molar-refractivity contribution in [3.63, 3.8) is 0 Å². The molecule has 0 radical (unpaired) electrons. The highest BCUT2D eigenvalue weighted by Gasteiger charge is 2.03. The zero-order valence-corrected chi connectivity index (χ0v) is 12.4. The molecule has 0 bridgehead atoms. The number of hydrogen-bond acceptors (Lipinski definition) is 2. The number of carbonyl (C=O) groups is 1. The van der Waals surface area contributed by atoms with Crippen molar-refractivity contribution in [2.75, 3.05) is 6.61 Å². The van der Waals surface area contributed by atoms with Gasteiger partial charge in [-0.3, -0.25) is 4.79 Å². The Kier molecular flexibility index (Phi) is 7.12. The molecule has 0 aliphatic rings. The summed E-state index contributed by atoms with van der Waals surface area (Å²) in [4.78, 5) is 10.9. The number of rotatable bonds is 5. The fourth-order valence-electron chi connectivity index (χ4n) is 1.81. The van der Waals surface area contributed by atoms with Gasteiger partial charge in [0, 0.05) is 6.42 Å². The molecule has 0 spiro atoms. The van der Waals surface area contributed by atoms with Gasteiger partial charge in [-0.05, 0) is 24.6 Å². The van der Waals surface area contributed by atoms with Crippen LogP contribution in [0, 0.1) is 6.92 Å². The molecule has 0 aliphatic heterocycles. The predicted molar refractivity (Wildman–Crippen MR) is 83.6 cm³/mol. The van der Waals surface area contributed by atoms with Gasteiger partial charge in [-0.2, -0.15) is 0 Å². The molecule has 0 aromatic heterocycles. The summed E-state index contributed by atoms with van der Waals surface area (Å²) in [5.41, 5.74) is 2.91. The highest BCUT2D eigenvalue weighted by molar-refractivity contribution is 5.79. The minimum Gasteiger partial charge on any atom is -0.492 e. The van der Waals surface area contributed by atoms with E-state index in [0.717, 1.165) is 18.3 Å². The first-order valence-corrected chi connectivity index (χ1v) is 7.02. The average Bonchev–Trinajstić information content (AvgIpc) is 2.51. The van der Waals surface area contributed by atoms with E-state index in [1.54, 1.807) is 0 Å². The molecule has 0 fully saturated rings. The van der Waals surface area contributed by atoms with E-state index in [4.69, 9.17) is 4.74 Å². The van der Waals surface area contributed by atoms with Gasteiger partial charge in [0.05, 0.1) is 12.2 Å². The zero-order chi connectivity index (χ0) is 14.8. The quantitative estimate of drug-likeness (QED) is 0.750. The van der Waals surface area contributed by atoms with Crippen molar-refractivity contribution in [3.8, 4) is 5.75 Å². The van der Waals surface area contributed by atoms with Crippen LogP contribution in [-0.4, -0.2) is 12.9 Å². The molecule has 2 aromatic carbocycles. The molecule has 0 atom stereocenters. The standard InChI is InChI=1S/C16H16O2.C2H6/c1-13-7-8-16(15(11-13)12-17)18-10-9-14-5-3-2-4-6-14;1-2/h2-8,11-12H,9-10H2,1H3;1-2H3. The van der Waals surface area contributed by atoms with Gasteiger partial charge >= 0.3 is 0 Å². The topological polar surface area (TPSA) is 26.3 Å². The first kappa shape index (κ1) is 16.0. The van der Waals surface area contributed by atoms with Gasteiger partial charge in [0.2, 0.25) is 0 Å². The molecule has 106 valence electrons. The second kappa shape index (κ2) is 8.92. The predicted octanol–water partition coefficient (Wildman–Crippen LogP) is 4.46. The third-order valence-corrected chi connectivity index (χ3v) is 2.78. The molecular formula is C18H22O2. The number of hydrogen-bond donors (Lipinski definition) is 0. The minimum atomic E-state index is 0.577. The van der Waals surface area contributed by atoms with Crippen LogP contribution in [-0.2, 0) is 6.42 Å². The van der Waals surface area contributed by atoms with Crippen LogP contribution in [0.5, 0.6) is 5.75 Å². The van der Waals surface area contributed by atoms with Crippen molar-refractivity contribution in [1.82, 2.24) is 0 Å². The maximum absolute atomic E-state index is 10.9. The summed E-state index contributed by atoms with van der Waals surface area (Å²) in [5, 5.41) is 0. The van der Waals surface area contributed by atoms with Crippen LogP contribution in [0.25, 0.3) is 0 Å². The second-order valence-corrected chi connectivity index (χ2v) is 4.24. The smallest absolute Gasteiger partial charge is 0.153 e. The molecule has 0 heterocycles. The Balaban J connectivity index is 0.000000956. The van der Waals surface area contributed by atoms with Crippen LogP contribution in [0.1, 0.15) is 35.3 Å². The highest BCUT2D eigenvalue weighted by Crippen LogP contribution is 2.18. The third kappa shape index (κ3) is 4.88. The van der Waals surface area contributed by atoms with E-state index in [0.29, 0.717) is 17.9 Å². The molecule has 20 heavy (non-hydrogen) atoms. The first-order valence-electron chi connectivity index (χ1n) is 7.02. The van der Waals surface area contributed by atoms with Crippen molar-refractivity contribution >= 4 is 6.29 Å². The van der Waals surface area contributed by atoms with Gasteiger partial charge in [-0.1, -0.05) is 55.8 Å². The molecule has 0 N–H and O–H groups in total. The summed E-state index contributed by atoms with van der Waals surface area (Å²) >= 11 is 0. The Morgan fingerprint density at radius 3 is 2.40 bits per heavy atom. The SMILES string of the molecule is CC.Cc1ccc(OCCc2ccccc2)c(C=O)c1. The summed E-state index contributed by atoms with van der Waals surface area (Å²) in [5.74, 6) is 0.659. The monoisotopic (exact) mass is 270 g/mol. The molecule has 2 heteroatoms. The fourth-order valence-corrected chi connectivity index (χ4v) is 1.81. The zero-order valence-electron chi connectivity index (χ0n) is 12.4. The van der Waals surface area contributed by atoms with E-state index in [-0.39, 0.29) is 0 Å². The van der Waals surface area contributed by atoms with Crippen LogP contribution >= 0.6 is 0 Å². The van der Waals surface area contributed by atoms with Crippen LogP contribution in [0.3, 0.4) is 0 Å². The maximum atomic E-state index is 10.9. The van der Waals surface area contributed by atoms with Crippen LogP contribution in [0.2, 0.25) is 0 Å². The van der Waals surface area contributed by atoms with E-state index in [2.05, 4.69) is 12.1 Å². The number of benzene rings is 2. The number of aldehydes is 1. The Morgan fingerprint density at radius 1 is 1.05 bits per heavy atom. The van der Waals surface area contributed by atoms with Crippen molar-refractivity contribution < 1.29 is 9.53 Å². The van der Waals surface area contributed by atoms with E-state index in [1.807, 2.05) is 57.2 Å². The van der Waals surface area contributed by atoms with Crippen molar-refractivity contribution in [2.45, 2.75) is 27.2 Å². The molecule has 0 saturated carbocycles. The second-order valence-electron chi connectivity index (χ2n) is 4.24. The first-order chi connectivity index (χ1) is 9.79. The lowest BCUT2D eigenvalue weighted by molar-refractivity contribution is 0.111. The van der Waals surface area contributed by atoms with Gasteiger partial charge in [0.1, 0.15) is 5.75 Å². The summed E-state index contributed by atoms with van der Waals surface area (Å²) < 4.78 is 5.66. The summed E-state index contributed by atoms with van der Waals surface area (Å²) in [6, 6.07) is 15.8. The maximum Gasteiger partial charge on any atom is 0.153 e. The fraction of sp³-hybridized carbons (Fsp3) is 0.278. The van der Waals surface area contributed by atoms with E-state index in [9.17, 15) is 4.79 Å². The summed E-state index contributed by atoms with van der Waals surface area (Å²) in [7, 11) is 0. The largest absolute Gasteiger partial charge is 0.492 e. The van der Waals surface area contributed by atoms with Crippen LogP contribution in [0.4, 0.5) is 0 Å². The lowest BCUT2D eigenvalue weighted by atomic mass is 10.1. The molecule has 0 amide bonds. The molecule has 2 nitrogen and oxygen atoms in total. The average molecular weight is 270 g/mol. The van der Waals surface area contributed by atoms with Crippen molar-refractivity contribution in [3.05, 3.63) is 65.2 Å². The number of carbonyl (C=O) groups excluding carboxylic acids is 1. The minimum absolute atomic E-state index is 0.577. The van der Waals surface area contributed by atoms with Gasteiger partial charge < -0.3 is 4.74 Å². The Bertz CT molecular complexity index is 518. The van der Waals surface area contributed by atoms with Crippen molar-refractivity contribution in [1.29, 1.82) is 0 Å². The lowest BCUT2D eigenvalue weighted by Gasteiger charge is -2.09. The molecule has 2 rings (SSSR count). The molecular weight excluding hydrogens is 248 g/mol. The molecule has 0 saturated heterocycles. The van der Waals surface area contributed by atoms with Crippen LogP contribution in [0.15, 0.2) is 48.5 Å². The normalized spacial score (nSPS) is 9.35. The van der Waals surface area contributed by atoms with E-state index >= 15 is 0 Å². The van der Waals surface area contributed by atoms with Gasteiger partial charge in [-0.25, -0.2) is 0 Å². The van der Waals surface area contributed by atoms with Gasteiger partial charge in [0.25, 0.3) is 0 Å². The third-order valence-electron chi connectivity index (χ3n) is 2.78. The molecule has 0 aliphatic carbocycles. The van der Waals surface area contributed by atoms with Gasteiger partial charge in [0.15, 0.2) is 6.29 Å². The Labute approximate surface area is 121 Å². The van der Waals surface area contributed by atoms with Crippen molar-refractivity contribution in [2.24, 2.45) is 0 Å². The van der Waals surface area contributed by atoms with E-state index in [1.165, 1.54) is 5.56 Å². The number of aryl methyl sites for hydroxylation is 1. The van der Waals surface area contributed by atoms with Gasteiger partial charge in [-0.15, -0.1) is 0 Å².